The van der Waals surface area contributed by atoms with Crippen LogP contribution in [0.3, 0.4) is 0 Å². The summed E-state index contributed by atoms with van der Waals surface area (Å²) >= 11 is 0. The first-order valence-corrected chi connectivity index (χ1v) is 8.93. The number of carbonyl (C=O) groups is 1. The number of benzene rings is 2. The molecule has 29 heavy (non-hydrogen) atoms. The summed E-state index contributed by atoms with van der Waals surface area (Å²) in [5, 5.41) is 7.15. The highest BCUT2D eigenvalue weighted by atomic mass is 19.1. The van der Waals surface area contributed by atoms with Crippen LogP contribution in [-0.4, -0.2) is 25.7 Å². The molecule has 3 N–H and O–H groups in total. The predicted octanol–water partition coefficient (Wildman–Crippen LogP) is 2.70. The molecule has 1 amide bonds. The molecule has 0 atom stereocenters. The molecular formula is C20H17FN6O2. The summed E-state index contributed by atoms with van der Waals surface area (Å²) in [6, 6.07) is 12.7. The van der Waals surface area contributed by atoms with Crippen molar-refractivity contribution in [3.8, 4) is 11.3 Å². The van der Waals surface area contributed by atoms with Gasteiger partial charge in [0.05, 0.1) is 28.4 Å². The van der Waals surface area contributed by atoms with E-state index in [1.54, 1.807) is 36.4 Å². The van der Waals surface area contributed by atoms with Gasteiger partial charge >= 0.3 is 0 Å². The number of H-pyrrole nitrogens is 1. The minimum absolute atomic E-state index is 0.204. The molecule has 0 spiro atoms. The summed E-state index contributed by atoms with van der Waals surface area (Å²) < 4.78 is 14.6. The number of hydrogen-bond donors (Lipinski definition) is 3. The Morgan fingerprint density at radius 3 is 2.69 bits per heavy atom. The number of para-hydroxylation sites is 1. The summed E-state index contributed by atoms with van der Waals surface area (Å²) in [7, 11) is 0. The van der Waals surface area contributed by atoms with Crippen molar-refractivity contribution in [1.29, 1.82) is 0 Å². The molecule has 0 radical (unpaired) electrons. The van der Waals surface area contributed by atoms with Crippen molar-refractivity contribution in [3.63, 3.8) is 0 Å². The molecule has 0 fully saturated rings. The van der Waals surface area contributed by atoms with Crippen molar-refractivity contribution in [2.24, 2.45) is 0 Å². The number of rotatable bonds is 5. The molecule has 0 saturated heterocycles. The lowest BCUT2D eigenvalue weighted by atomic mass is 10.1. The van der Waals surface area contributed by atoms with Gasteiger partial charge in [0.15, 0.2) is 0 Å². The van der Waals surface area contributed by atoms with E-state index in [0.29, 0.717) is 28.7 Å². The molecule has 4 aromatic rings. The van der Waals surface area contributed by atoms with E-state index >= 15 is 0 Å². The van der Waals surface area contributed by atoms with Gasteiger partial charge in [-0.15, -0.1) is 0 Å². The molecule has 0 aliphatic carbocycles. The number of hydrazine groups is 1. The molecule has 2 heterocycles. The van der Waals surface area contributed by atoms with Gasteiger partial charge in [0.2, 0.25) is 5.95 Å². The van der Waals surface area contributed by atoms with Crippen molar-refractivity contribution >= 4 is 22.8 Å². The highest BCUT2D eigenvalue weighted by Crippen LogP contribution is 2.21. The Labute approximate surface area is 164 Å². The monoisotopic (exact) mass is 392 g/mol. The van der Waals surface area contributed by atoms with Gasteiger partial charge in [-0.3, -0.25) is 30.1 Å². The summed E-state index contributed by atoms with van der Waals surface area (Å²) in [6.45, 7) is 2.19. The molecule has 0 aliphatic rings. The fraction of sp³-hybridized carbons (Fsp3) is 0.100. The maximum absolute atomic E-state index is 13.2. The van der Waals surface area contributed by atoms with Gasteiger partial charge in [-0.25, -0.2) is 9.37 Å². The number of nitrogens with zero attached hydrogens (tertiary/aromatic N) is 3. The van der Waals surface area contributed by atoms with Crippen LogP contribution in [0.25, 0.3) is 22.2 Å². The Morgan fingerprint density at radius 1 is 1.17 bits per heavy atom. The van der Waals surface area contributed by atoms with Crippen LogP contribution in [0.2, 0.25) is 0 Å². The quantitative estimate of drug-likeness (QED) is 0.453. The number of amides is 1. The topological polar surface area (TPSA) is 105 Å². The number of halogens is 1. The Kier molecular flexibility index (Phi) is 4.78. The Morgan fingerprint density at radius 2 is 1.93 bits per heavy atom. The van der Waals surface area contributed by atoms with Crippen LogP contribution in [0.15, 0.2) is 59.5 Å². The summed E-state index contributed by atoms with van der Waals surface area (Å²) in [6.07, 6.45) is 1.37. The summed E-state index contributed by atoms with van der Waals surface area (Å²) in [5.74, 6) is -0.639. The Balaban J connectivity index is 1.61. The van der Waals surface area contributed by atoms with E-state index < -0.39 is 5.91 Å². The van der Waals surface area contributed by atoms with Gasteiger partial charge in [0, 0.05) is 12.1 Å². The normalized spacial score (nSPS) is 10.8. The lowest BCUT2D eigenvalue weighted by molar-refractivity contribution is 0.0963. The molecule has 0 bridgehead atoms. The first-order valence-electron chi connectivity index (χ1n) is 8.93. The van der Waals surface area contributed by atoms with Crippen LogP contribution in [-0.2, 0) is 6.54 Å². The standard InChI is InChI=1S/C20H17FN6O2/c1-2-27-19(29)14-5-3-4-6-16(14)23-20(27)26-25-18(28)15-11-22-24-17(15)12-7-9-13(21)10-8-12/h3-11H,2H2,1H3,(H,22,24)(H,23,26)(H,25,28). The van der Waals surface area contributed by atoms with Gasteiger partial charge in [-0.2, -0.15) is 5.10 Å². The van der Waals surface area contributed by atoms with Crippen LogP contribution >= 0.6 is 0 Å². The van der Waals surface area contributed by atoms with Gasteiger partial charge in [-0.1, -0.05) is 12.1 Å². The smallest absolute Gasteiger partial charge is 0.273 e. The second-order valence-electron chi connectivity index (χ2n) is 6.25. The van der Waals surface area contributed by atoms with Gasteiger partial charge in [0.25, 0.3) is 11.5 Å². The van der Waals surface area contributed by atoms with Gasteiger partial charge in [-0.05, 0) is 43.3 Å². The number of fused-ring (bicyclic) bond motifs is 1. The Bertz CT molecular complexity index is 1250. The molecule has 0 aliphatic heterocycles. The van der Waals surface area contributed by atoms with Gasteiger partial charge < -0.3 is 0 Å². The minimum Gasteiger partial charge on any atom is -0.277 e. The maximum atomic E-state index is 13.2. The molecule has 0 saturated carbocycles. The third kappa shape index (κ3) is 3.45. The van der Waals surface area contributed by atoms with Crippen molar-refractivity contribution in [1.82, 2.24) is 25.2 Å². The van der Waals surface area contributed by atoms with Crippen LogP contribution < -0.4 is 16.4 Å². The molecule has 0 unspecified atom stereocenters. The van der Waals surface area contributed by atoms with Crippen molar-refractivity contribution < 1.29 is 9.18 Å². The molecule has 2 aromatic carbocycles. The van der Waals surface area contributed by atoms with Crippen LogP contribution in [0.5, 0.6) is 0 Å². The first-order chi connectivity index (χ1) is 14.1. The van der Waals surface area contributed by atoms with Crippen molar-refractivity contribution in [2.45, 2.75) is 13.5 Å². The van der Waals surface area contributed by atoms with Crippen molar-refractivity contribution in [3.05, 3.63) is 76.5 Å². The number of carbonyl (C=O) groups excluding carboxylic acids is 1. The summed E-state index contributed by atoms with van der Waals surface area (Å²) in [5.41, 5.74) is 6.91. The molecule has 146 valence electrons. The number of aromatic amines is 1. The Hall–Kier alpha value is -4.01. The largest absolute Gasteiger partial charge is 0.277 e. The van der Waals surface area contributed by atoms with E-state index in [4.69, 9.17) is 0 Å². The van der Waals surface area contributed by atoms with E-state index in [0.717, 1.165) is 0 Å². The second kappa shape index (κ2) is 7.55. The zero-order valence-corrected chi connectivity index (χ0v) is 15.4. The number of anilines is 1. The summed E-state index contributed by atoms with van der Waals surface area (Å²) in [4.78, 5) is 29.7. The zero-order valence-electron chi connectivity index (χ0n) is 15.4. The van der Waals surface area contributed by atoms with Crippen molar-refractivity contribution in [2.75, 3.05) is 5.43 Å². The lowest BCUT2D eigenvalue weighted by Crippen LogP contribution is -2.34. The first kappa shape index (κ1) is 18.4. The number of aromatic nitrogens is 4. The fourth-order valence-corrected chi connectivity index (χ4v) is 3.03. The molecule has 2 aromatic heterocycles. The third-order valence-corrected chi connectivity index (χ3v) is 4.48. The fourth-order valence-electron chi connectivity index (χ4n) is 3.03. The maximum Gasteiger partial charge on any atom is 0.273 e. The minimum atomic E-state index is -0.483. The zero-order chi connectivity index (χ0) is 20.4. The number of hydrogen-bond acceptors (Lipinski definition) is 5. The van der Waals surface area contributed by atoms with E-state index in [1.807, 2.05) is 6.92 Å². The average molecular weight is 392 g/mol. The van der Waals surface area contributed by atoms with Gasteiger partial charge in [0.1, 0.15) is 5.82 Å². The molecule has 8 nitrogen and oxygen atoms in total. The molecule has 4 rings (SSSR count). The van der Waals surface area contributed by atoms with E-state index in [9.17, 15) is 14.0 Å². The third-order valence-electron chi connectivity index (χ3n) is 4.48. The highest BCUT2D eigenvalue weighted by Gasteiger charge is 2.16. The lowest BCUT2D eigenvalue weighted by Gasteiger charge is -2.14. The van der Waals surface area contributed by atoms with Crippen LogP contribution in [0.1, 0.15) is 17.3 Å². The SMILES string of the molecule is CCn1c(NNC(=O)c2cn[nH]c2-c2ccc(F)cc2)nc2ccccc2c1=O. The van der Waals surface area contributed by atoms with E-state index in [1.165, 1.54) is 22.9 Å². The van der Waals surface area contributed by atoms with Crippen LogP contribution in [0, 0.1) is 5.82 Å². The average Bonchev–Trinajstić information content (AvgIpc) is 3.23. The van der Waals surface area contributed by atoms with E-state index in [-0.39, 0.29) is 22.9 Å². The van der Waals surface area contributed by atoms with E-state index in [2.05, 4.69) is 26.0 Å². The van der Waals surface area contributed by atoms with Crippen LogP contribution in [0.4, 0.5) is 10.3 Å². The number of nitrogens with one attached hydrogen (secondary N) is 3. The molecular weight excluding hydrogens is 375 g/mol. The molecule has 9 heteroatoms. The predicted molar refractivity (Wildman–Crippen MR) is 107 cm³/mol. The highest BCUT2D eigenvalue weighted by molar-refractivity contribution is 6.00. The second-order valence-corrected chi connectivity index (χ2v) is 6.25.